The van der Waals surface area contributed by atoms with Crippen molar-refractivity contribution < 1.29 is 9.53 Å². The minimum atomic E-state index is 0.170. The van der Waals surface area contributed by atoms with Crippen LogP contribution in [0.3, 0.4) is 0 Å². The molecule has 0 unspecified atom stereocenters. The van der Waals surface area contributed by atoms with Crippen LogP contribution in [0.15, 0.2) is 0 Å². The number of carbonyl (C=O) groups is 1. The second-order valence-electron chi connectivity index (χ2n) is 8.27. The number of hydrogen-bond acceptors (Lipinski definition) is 3. The molecule has 1 amide bonds. The van der Waals surface area contributed by atoms with E-state index in [-0.39, 0.29) is 5.91 Å². The van der Waals surface area contributed by atoms with Crippen LogP contribution >= 0.6 is 0 Å². The zero-order chi connectivity index (χ0) is 17.6. The minimum absolute atomic E-state index is 0.170. The first kappa shape index (κ1) is 17.1. The molecule has 1 N–H and O–H groups in total. The fourth-order valence-electron chi connectivity index (χ4n) is 5.33. The largest absolute Gasteiger partial charge is 0.377 e. The van der Waals surface area contributed by atoms with Gasteiger partial charge in [-0.15, -0.1) is 0 Å². The number of fused-ring (bicyclic) bond motifs is 1. The van der Waals surface area contributed by atoms with E-state index in [0.717, 1.165) is 24.6 Å². The molecule has 3 aliphatic rings. The summed E-state index contributed by atoms with van der Waals surface area (Å²) < 4.78 is 7.96. The van der Waals surface area contributed by atoms with Crippen molar-refractivity contribution in [3.05, 3.63) is 17.0 Å². The molecular weight excluding hydrogens is 314 g/mol. The number of rotatable bonds is 5. The van der Waals surface area contributed by atoms with Crippen LogP contribution in [0.5, 0.6) is 0 Å². The van der Waals surface area contributed by atoms with Crippen molar-refractivity contribution in [2.24, 2.45) is 17.8 Å². The van der Waals surface area contributed by atoms with E-state index in [1.54, 1.807) is 0 Å². The molecule has 5 nitrogen and oxygen atoms in total. The number of aromatic nitrogens is 2. The highest BCUT2D eigenvalue weighted by Crippen LogP contribution is 2.51. The molecule has 138 valence electrons. The van der Waals surface area contributed by atoms with E-state index >= 15 is 0 Å². The number of aryl methyl sites for hydroxylation is 2. The van der Waals surface area contributed by atoms with Crippen LogP contribution in [-0.2, 0) is 16.1 Å². The zero-order valence-corrected chi connectivity index (χ0v) is 15.8. The summed E-state index contributed by atoms with van der Waals surface area (Å²) in [6.07, 6.45) is 7.34. The molecule has 0 spiro atoms. The highest BCUT2D eigenvalue weighted by atomic mass is 16.5. The molecule has 4 rings (SSSR count). The van der Waals surface area contributed by atoms with Crippen LogP contribution in [0, 0.1) is 38.5 Å². The molecule has 2 aliphatic carbocycles. The fraction of sp³-hybridized carbons (Fsp3) is 0.800. The van der Waals surface area contributed by atoms with Gasteiger partial charge in [-0.3, -0.25) is 9.48 Å². The monoisotopic (exact) mass is 345 g/mol. The topological polar surface area (TPSA) is 56.2 Å². The van der Waals surface area contributed by atoms with Crippen LogP contribution in [0.25, 0.3) is 0 Å². The van der Waals surface area contributed by atoms with Crippen LogP contribution in [0.2, 0.25) is 0 Å². The van der Waals surface area contributed by atoms with E-state index in [4.69, 9.17) is 4.74 Å². The van der Waals surface area contributed by atoms with Gasteiger partial charge in [0.25, 0.3) is 0 Å². The zero-order valence-electron chi connectivity index (χ0n) is 15.8. The lowest BCUT2D eigenvalue weighted by Crippen LogP contribution is -2.63. The molecular formula is C20H31N3O2. The van der Waals surface area contributed by atoms with E-state index in [1.807, 2.05) is 11.6 Å². The smallest absolute Gasteiger partial charge is 0.222 e. The summed E-state index contributed by atoms with van der Waals surface area (Å²) >= 11 is 0. The number of nitrogens with zero attached hydrogens (tertiary/aromatic N) is 2. The Kier molecular flexibility index (Phi) is 4.61. The molecule has 1 aromatic heterocycles. The summed E-state index contributed by atoms with van der Waals surface area (Å²) in [7, 11) is 0. The van der Waals surface area contributed by atoms with Gasteiger partial charge in [-0.2, -0.15) is 5.10 Å². The molecule has 3 fully saturated rings. The van der Waals surface area contributed by atoms with Crippen molar-refractivity contribution in [3.63, 3.8) is 0 Å². The van der Waals surface area contributed by atoms with Crippen molar-refractivity contribution in [2.75, 3.05) is 6.61 Å². The molecule has 4 atom stereocenters. The Bertz CT molecular complexity index is 643. The Labute approximate surface area is 150 Å². The molecule has 1 saturated heterocycles. The van der Waals surface area contributed by atoms with Crippen molar-refractivity contribution in [1.82, 2.24) is 15.1 Å². The van der Waals surface area contributed by atoms with Gasteiger partial charge in [0.05, 0.1) is 11.8 Å². The first-order chi connectivity index (χ1) is 12.1. The van der Waals surface area contributed by atoms with E-state index in [2.05, 4.69) is 24.3 Å². The first-order valence-corrected chi connectivity index (χ1v) is 9.98. The highest BCUT2D eigenvalue weighted by Gasteiger charge is 2.56. The molecule has 25 heavy (non-hydrogen) atoms. The quantitative estimate of drug-likeness (QED) is 0.893. The summed E-state index contributed by atoms with van der Waals surface area (Å²) in [6.45, 7) is 7.73. The van der Waals surface area contributed by atoms with Crippen molar-refractivity contribution >= 4 is 5.91 Å². The number of hydrogen-bond donors (Lipinski definition) is 1. The standard InChI is InChI=1S/C20H31N3O2/c1-12-13(2)22-23(14(12)3)10-8-17(24)21-19-16-9-11-25-20(16)18(19)15-6-4-5-7-15/h15-16,18-20H,4-11H2,1-3H3,(H,21,24)/t16-,18+,19+,20-/m1/s1. The molecule has 1 aliphatic heterocycles. The second-order valence-corrected chi connectivity index (χ2v) is 8.27. The van der Waals surface area contributed by atoms with Crippen LogP contribution < -0.4 is 5.32 Å². The summed E-state index contributed by atoms with van der Waals surface area (Å²) in [5, 5.41) is 7.91. The molecule has 0 radical (unpaired) electrons. The van der Waals surface area contributed by atoms with Gasteiger partial charge in [0.1, 0.15) is 0 Å². The maximum absolute atomic E-state index is 12.6. The minimum Gasteiger partial charge on any atom is -0.377 e. The molecule has 2 saturated carbocycles. The second kappa shape index (κ2) is 6.75. The van der Waals surface area contributed by atoms with Crippen LogP contribution in [0.1, 0.15) is 55.5 Å². The lowest BCUT2D eigenvalue weighted by Gasteiger charge is -2.50. The number of ether oxygens (including phenoxy) is 1. The van der Waals surface area contributed by atoms with Crippen LogP contribution in [0.4, 0.5) is 0 Å². The highest BCUT2D eigenvalue weighted by molar-refractivity contribution is 5.76. The van der Waals surface area contributed by atoms with Gasteiger partial charge < -0.3 is 10.1 Å². The van der Waals surface area contributed by atoms with Gasteiger partial charge in [-0.1, -0.05) is 25.7 Å². The van der Waals surface area contributed by atoms with Gasteiger partial charge in [-0.05, 0) is 38.7 Å². The Morgan fingerprint density at radius 1 is 1.24 bits per heavy atom. The van der Waals surface area contributed by atoms with E-state index < -0.39 is 0 Å². The molecule has 5 heteroatoms. The third kappa shape index (κ3) is 3.01. The van der Waals surface area contributed by atoms with Gasteiger partial charge in [0.2, 0.25) is 5.91 Å². The molecule has 1 aromatic rings. The predicted octanol–water partition coefficient (Wildman–Crippen LogP) is 2.91. The average Bonchev–Trinajstić information content (AvgIpc) is 3.30. The predicted molar refractivity (Wildman–Crippen MR) is 96.3 cm³/mol. The van der Waals surface area contributed by atoms with Crippen LogP contribution in [-0.4, -0.2) is 34.4 Å². The summed E-state index contributed by atoms with van der Waals surface area (Å²) in [5.74, 6) is 2.02. The van der Waals surface area contributed by atoms with Crippen molar-refractivity contribution in [1.29, 1.82) is 0 Å². The van der Waals surface area contributed by atoms with Gasteiger partial charge in [0, 0.05) is 43.1 Å². The SMILES string of the molecule is Cc1nn(CCC(=O)N[C@H]2[C@H]3CCO[C@H]3[C@H]2C2CCCC2)c(C)c1C. The molecule has 2 heterocycles. The Hall–Kier alpha value is -1.36. The molecule has 0 aromatic carbocycles. The lowest BCUT2D eigenvalue weighted by atomic mass is 9.61. The number of carbonyl (C=O) groups excluding carboxylic acids is 1. The van der Waals surface area contributed by atoms with Gasteiger partial charge in [0.15, 0.2) is 0 Å². The molecule has 0 bridgehead atoms. The average molecular weight is 345 g/mol. The van der Waals surface area contributed by atoms with E-state index in [9.17, 15) is 4.79 Å². The fourth-order valence-corrected chi connectivity index (χ4v) is 5.33. The number of amides is 1. The maximum atomic E-state index is 12.6. The summed E-state index contributed by atoms with van der Waals surface area (Å²) in [6, 6.07) is 0.338. The third-order valence-corrected chi connectivity index (χ3v) is 7.00. The Balaban J connectivity index is 1.35. The van der Waals surface area contributed by atoms with E-state index in [1.165, 1.54) is 36.9 Å². The Morgan fingerprint density at radius 2 is 2.00 bits per heavy atom. The van der Waals surface area contributed by atoms with Crippen molar-refractivity contribution in [3.8, 4) is 0 Å². The normalized spacial score (nSPS) is 31.8. The number of nitrogens with one attached hydrogen (secondary N) is 1. The Morgan fingerprint density at radius 3 is 2.68 bits per heavy atom. The van der Waals surface area contributed by atoms with Gasteiger partial charge >= 0.3 is 0 Å². The lowest BCUT2D eigenvalue weighted by molar-refractivity contribution is -0.130. The van der Waals surface area contributed by atoms with E-state index in [0.29, 0.717) is 36.9 Å². The first-order valence-electron chi connectivity index (χ1n) is 9.98. The van der Waals surface area contributed by atoms with Crippen molar-refractivity contribution in [2.45, 2.75) is 78.0 Å². The third-order valence-electron chi connectivity index (χ3n) is 7.00. The summed E-state index contributed by atoms with van der Waals surface area (Å²) in [4.78, 5) is 12.6. The summed E-state index contributed by atoms with van der Waals surface area (Å²) in [5.41, 5.74) is 3.46. The van der Waals surface area contributed by atoms with Gasteiger partial charge in [-0.25, -0.2) is 0 Å². The maximum Gasteiger partial charge on any atom is 0.222 e.